The standard InChI is InChI=1S/C14H19ClN2O2.ClH/c1-19-13-7-11(15)4-2-10(13)8-17-14(18)9-3-5-12(16)6-9;/h2,4,7,9,12H,3,5-6,8,16H2,1H3,(H,17,18);1H. The third kappa shape index (κ3) is 4.27. The van der Waals surface area contributed by atoms with Crippen molar-refractivity contribution < 1.29 is 9.53 Å². The lowest BCUT2D eigenvalue weighted by atomic mass is 10.1. The van der Waals surface area contributed by atoms with E-state index < -0.39 is 0 Å². The quantitative estimate of drug-likeness (QED) is 0.896. The molecule has 3 N–H and O–H groups in total. The zero-order valence-electron chi connectivity index (χ0n) is 11.4. The average Bonchev–Trinajstić information content (AvgIpc) is 2.83. The lowest BCUT2D eigenvalue weighted by Gasteiger charge is -2.13. The Balaban J connectivity index is 0.00000200. The van der Waals surface area contributed by atoms with Gasteiger partial charge in [0.25, 0.3) is 0 Å². The van der Waals surface area contributed by atoms with Crippen LogP contribution in [-0.2, 0) is 11.3 Å². The van der Waals surface area contributed by atoms with Crippen LogP contribution < -0.4 is 15.8 Å². The van der Waals surface area contributed by atoms with Crippen LogP contribution in [0.5, 0.6) is 5.75 Å². The Morgan fingerprint density at radius 2 is 2.25 bits per heavy atom. The topological polar surface area (TPSA) is 64.3 Å². The van der Waals surface area contributed by atoms with Crippen LogP contribution in [0.3, 0.4) is 0 Å². The van der Waals surface area contributed by atoms with Crippen LogP contribution in [0.1, 0.15) is 24.8 Å². The van der Waals surface area contributed by atoms with Crippen molar-refractivity contribution in [3.63, 3.8) is 0 Å². The molecule has 1 saturated carbocycles. The molecule has 1 fully saturated rings. The van der Waals surface area contributed by atoms with E-state index in [1.165, 1.54) is 0 Å². The number of amides is 1. The number of carbonyl (C=O) groups excluding carboxylic acids is 1. The first kappa shape index (κ1) is 17.1. The number of nitrogens with one attached hydrogen (secondary N) is 1. The predicted molar refractivity (Wildman–Crippen MR) is 82.4 cm³/mol. The van der Waals surface area contributed by atoms with Gasteiger partial charge in [0.2, 0.25) is 5.91 Å². The molecule has 0 spiro atoms. The van der Waals surface area contributed by atoms with E-state index in [1.807, 2.05) is 6.07 Å². The minimum Gasteiger partial charge on any atom is -0.496 e. The SMILES string of the molecule is COc1cc(Cl)ccc1CNC(=O)C1CCC(N)C1.Cl. The van der Waals surface area contributed by atoms with Gasteiger partial charge in [-0.1, -0.05) is 17.7 Å². The number of rotatable bonds is 4. The Bertz CT molecular complexity index is 468. The molecule has 2 rings (SSSR count). The molecular weight excluding hydrogens is 299 g/mol. The maximum absolute atomic E-state index is 12.0. The number of hydrogen-bond donors (Lipinski definition) is 2. The van der Waals surface area contributed by atoms with E-state index in [1.54, 1.807) is 19.2 Å². The molecule has 1 aliphatic rings. The van der Waals surface area contributed by atoms with Crippen molar-refractivity contribution in [2.75, 3.05) is 7.11 Å². The van der Waals surface area contributed by atoms with Crippen molar-refractivity contribution in [2.24, 2.45) is 11.7 Å². The van der Waals surface area contributed by atoms with E-state index in [2.05, 4.69) is 5.32 Å². The molecule has 2 unspecified atom stereocenters. The van der Waals surface area contributed by atoms with Gasteiger partial charge < -0.3 is 15.8 Å². The number of benzene rings is 1. The molecule has 0 saturated heterocycles. The van der Waals surface area contributed by atoms with Crippen LogP contribution in [0.25, 0.3) is 0 Å². The molecule has 0 bridgehead atoms. The van der Waals surface area contributed by atoms with Gasteiger partial charge in [0.1, 0.15) is 5.75 Å². The summed E-state index contributed by atoms with van der Waals surface area (Å²) in [5.41, 5.74) is 6.74. The summed E-state index contributed by atoms with van der Waals surface area (Å²) in [5.74, 6) is 0.814. The second-order valence-electron chi connectivity index (χ2n) is 4.94. The van der Waals surface area contributed by atoms with Crippen molar-refractivity contribution in [1.82, 2.24) is 5.32 Å². The first-order chi connectivity index (χ1) is 9.10. The van der Waals surface area contributed by atoms with Crippen molar-refractivity contribution >= 4 is 29.9 Å². The van der Waals surface area contributed by atoms with E-state index in [0.29, 0.717) is 17.3 Å². The monoisotopic (exact) mass is 318 g/mol. The second-order valence-corrected chi connectivity index (χ2v) is 5.38. The zero-order valence-corrected chi connectivity index (χ0v) is 13.0. The highest BCUT2D eigenvalue weighted by atomic mass is 35.5. The summed E-state index contributed by atoms with van der Waals surface area (Å²) < 4.78 is 5.25. The van der Waals surface area contributed by atoms with Gasteiger partial charge in [0.05, 0.1) is 7.11 Å². The molecule has 4 nitrogen and oxygen atoms in total. The van der Waals surface area contributed by atoms with Crippen LogP contribution in [0.15, 0.2) is 18.2 Å². The van der Waals surface area contributed by atoms with Gasteiger partial charge in [0.15, 0.2) is 0 Å². The molecule has 20 heavy (non-hydrogen) atoms. The summed E-state index contributed by atoms with van der Waals surface area (Å²) in [6, 6.07) is 5.56. The van der Waals surface area contributed by atoms with Gasteiger partial charge in [-0.3, -0.25) is 4.79 Å². The molecule has 0 heterocycles. The minimum atomic E-state index is 0. The van der Waals surface area contributed by atoms with E-state index in [0.717, 1.165) is 24.8 Å². The summed E-state index contributed by atoms with van der Waals surface area (Å²) >= 11 is 5.90. The van der Waals surface area contributed by atoms with E-state index >= 15 is 0 Å². The second kappa shape index (κ2) is 7.72. The van der Waals surface area contributed by atoms with Gasteiger partial charge in [-0.05, 0) is 31.4 Å². The van der Waals surface area contributed by atoms with Gasteiger partial charge >= 0.3 is 0 Å². The number of hydrogen-bond acceptors (Lipinski definition) is 3. The summed E-state index contributed by atoms with van der Waals surface area (Å²) in [4.78, 5) is 12.0. The molecule has 2 atom stereocenters. The average molecular weight is 319 g/mol. The van der Waals surface area contributed by atoms with Crippen molar-refractivity contribution in [3.8, 4) is 5.75 Å². The van der Waals surface area contributed by atoms with E-state index in [9.17, 15) is 4.79 Å². The fraction of sp³-hybridized carbons (Fsp3) is 0.500. The summed E-state index contributed by atoms with van der Waals surface area (Å²) in [7, 11) is 1.59. The highest BCUT2D eigenvalue weighted by Gasteiger charge is 2.27. The zero-order chi connectivity index (χ0) is 13.8. The van der Waals surface area contributed by atoms with E-state index in [-0.39, 0.29) is 30.3 Å². The van der Waals surface area contributed by atoms with Gasteiger partial charge in [0, 0.05) is 29.1 Å². The molecule has 1 amide bonds. The van der Waals surface area contributed by atoms with Crippen LogP contribution in [0.4, 0.5) is 0 Å². The Kier molecular flexibility index (Phi) is 6.59. The summed E-state index contributed by atoms with van der Waals surface area (Å²) in [5, 5.41) is 3.56. The molecular formula is C14H20Cl2N2O2. The Morgan fingerprint density at radius 3 is 2.85 bits per heavy atom. The summed E-state index contributed by atoms with van der Waals surface area (Å²) in [6.07, 6.45) is 2.59. The molecule has 1 aliphatic carbocycles. The molecule has 0 radical (unpaired) electrons. The van der Waals surface area contributed by atoms with E-state index in [4.69, 9.17) is 22.1 Å². The molecule has 1 aromatic rings. The normalized spacial score (nSPS) is 21.1. The third-order valence-corrected chi connectivity index (χ3v) is 3.78. The van der Waals surface area contributed by atoms with Gasteiger partial charge in [-0.2, -0.15) is 0 Å². The first-order valence-corrected chi connectivity index (χ1v) is 6.83. The van der Waals surface area contributed by atoms with Crippen molar-refractivity contribution in [2.45, 2.75) is 31.8 Å². The number of ether oxygens (including phenoxy) is 1. The highest BCUT2D eigenvalue weighted by molar-refractivity contribution is 6.30. The van der Waals surface area contributed by atoms with Crippen LogP contribution in [-0.4, -0.2) is 19.1 Å². The largest absolute Gasteiger partial charge is 0.496 e. The lowest BCUT2D eigenvalue weighted by Crippen LogP contribution is -2.30. The van der Waals surface area contributed by atoms with Crippen molar-refractivity contribution in [3.05, 3.63) is 28.8 Å². The number of halogens is 2. The lowest BCUT2D eigenvalue weighted by molar-refractivity contribution is -0.125. The van der Waals surface area contributed by atoms with Gasteiger partial charge in [-0.15, -0.1) is 12.4 Å². The molecule has 0 aliphatic heterocycles. The number of carbonyl (C=O) groups is 1. The maximum atomic E-state index is 12.0. The summed E-state index contributed by atoms with van der Waals surface area (Å²) in [6.45, 7) is 0.449. The fourth-order valence-electron chi connectivity index (χ4n) is 2.45. The van der Waals surface area contributed by atoms with Crippen LogP contribution in [0.2, 0.25) is 5.02 Å². The molecule has 0 aromatic heterocycles. The van der Waals surface area contributed by atoms with Crippen molar-refractivity contribution in [1.29, 1.82) is 0 Å². The minimum absolute atomic E-state index is 0. The Labute approximate surface area is 130 Å². The Hall–Kier alpha value is -0.970. The molecule has 6 heteroatoms. The van der Waals surface area contributed by atoms with Crippen LogP contribution >= 0.6 is 24.0 Å². The van der Waals surface area contributed by atoms with Gasteiger partial charge in [-0.25, -0.2) is 0 Å². The van der Waals surface area contributed by atoms with Crippen LogP contribution in [0, 0.1) is 5.92 Å². The first-order valence-electron chi connectivity index (χ1n) is 6.46. The highest BCUT2D eigenvalue weighted by Crippen LogP contribution is 2.25. The molecule has 1 aromatic carbocycles. The smallest absolute Gasteiger partial charge is 0.223 e. The Morgan fingerprint density at radius 1 is 1.50 bits per heavy atom. The third-order valence-electron chi connectivity index (χ3n) is 3.55. The molecule has 112 valence electrons. The fourth-order valence-corrected chi connectivity index (χ4v) is 2.61. The number of nitrogens with two attached hydrogens (primary N) is 1. The maximum Gasteiger partial charge on any atom is 0.223 e. The number of methoxy groups -OCH3 is 1. The predicted octanol–water partition coefficient (Wildman–Crippen LogP) is 2.51.